The molecule has 1 rings (SSSR count). The highest BCUT2D eigenvalue weighted by molar-refractivity contribution is 9.13. The number of rotatable bonds is 1. The molecular weight excluding hydrogens is 321 g/mol. The van der Waals surface area contributed by atoms with Crippen LogP contribution in [0.15, 0.2) is 21.1 Å². The second-order valence-corrected chi connectivity index (χ2v) is 4.10. The summed E-state index contributed by atoms with van der Waals surface area (Å²) in [7, 11) is 0. The predicted octanol–water partition coefficient (Wildman–Crippen LogP) is 3.46. The van der Waals surface area contributed by atoms with Gasteiger partial charge in [0.15, 0.2) is 0 Å². The van der Waals surface area contributed by atoms with E-state index in [1.165, 1.54) is 12.1 Å². The van der Waals surface area contributed by atoms with E-state index in [-0.39, 0.29) is 0 Å². The van der Waals surface area contributed by atoms with Crippen molar-refractivity contribution in [3.63, 3.8) is 0 Å². The molecule has 0 unspecified atom stereocenters. The van der Waals surface area contributed by atoms with Gasteiger partial charge in [0, 0.05) is 10.0 Å². The van der Waals surface area contributed by atoms with Crippen molar-refractivity contribution in [3.8, 4) is 6.07 Å². The Morgan fingerprint density at radius 1 is 1.38 bits per heavy atom. The van der Waals surface area contributed by atoms with E-state index in [0.29, 0.717) is 20.1 Å². The summed E-state index contributed by atoms with van der Waals surface area (Å²) in [5, 5.41) is 8.10. The Morgan fingerprint density at radius 2 is 2.00 bits per heavy atom. The molecule has 0 atom stereocenters. The molecule has 13 heavy (non-hydrogen) atoms. The first-order chi connectivity index (χ1) is 6.07. The van der Waals surface area contributed by atoms with Crippen molar-refractivity contribution in [2.24, 2.45) is 0 Å². The molecule has 0 spiro atoms. The number of halogens is 3. The molecule has 0 saturated heterocycles. The van der Waals surface area contributed by atoms with Crippen LogP contribution in [0.5, 0.6) is 0 Å². The minimum Gasteiger partial charge on any atom is -0.276 e. The second-order valence-electron chi connectivity index (χ2n) is 2.17. The van der Waals surface area contributed by atoms with Crippen molar-refractivity contribution in [1.82, 2.24) is 0 Å². The van der Waals surface area contributed by atoms with E-state index in [4.69, 9.17) is 16.9 Å². The Kier molecular flexibility index (Phi) is 3.48. The second kappa shape index (κ2) is 4.23. The highest BCUT2D eigenvalue weighted by atomic mass is 79.9. The SMILES string of the molecule is N#Cc1ccc(C(=O)Cl)c(Br)c1Br. The summed E-state index contributed by atoms with van der Waals surface area (Å²) >= 11 is 11.7. The maximum atomic E-state index is 10.8. The molecule has 0 N–H and O–H groups in total. The molecule has 5 heteroatoms. The first-order valence-electron chi connectivity index (χ1n) is 3.16. The minimum absolute atomic E-state index is 0.340. The first kappa shape index (κ1) is 10.7. The number of nitrogens with zero attached hydrogens (tertiary/aromatic N) is 1. The van der Waals surface area contributed by atoms with Gasteiger partial charge < -0.3 is 0 Å². The summed E-state index contributed by atoms with van der Waals surface area (Å²) in [6, 6.07) is 5.01. The normalized spacial score (nSPS) is 9.38. The lowest BCUT2D eigenvalue weighted by atomic mass is 10.2. The summed E-state index contributed by atoms with van der Waals surface area (Å²) in [5.41, 5.74) is 0.793. The van der Waals surface area contributed by atoms with E-state index >= 15 is 0 Å². The van der Waals surface area contributed by atoms with Gasteiger partial charge in [-0.3, -0.25) is 4.79 Å². The lowest BCUT2D eigenvalue weighted by Crippen LogP contribution is -1.92. The molecule has 1 aromatic carbocycles. The van der Waals surface area contributed by atoms with Gasteiger partial charge in [0.05, 0.1) is 10.0 Å². The maximum Gasteiger partial charge on any atom is 0.253 e. The topological polar surface area (TPSA) is 40.9 Å². The zero-order chi connectivity index (χ0) is 10.0. The smallest absolute Gasteiger partial charge is 0.253 e. The molecule has 0 radical (unpaired) electrons. The standard InChI is InChI=1S/C8H2Br2ClNO/c9-6-4(3-12)1-2-5(7(6)10)8(11)13/h1-2H. The zero-order valence-corrected chi connectivity index (χ0v) is 10.1. The van der Waals surface area contributed by atoms with Crippen LogP contribution in [0.3, 0.4) is 0 Å². The molecule has 2 nitrogen and oxygen atoms in total. The van der Waals surface area contributed by atoms with Crippen LogP contribution in [0.4, 0.5) is 0 Å². The molecule has 0 amide bonds. The van der Waals surface area contributed by atoms with Gasteiger partial charge in [-0.05, 0) is 55.6 Å². The fourth-order valence-electron chi connectivity index (χ4n) is 0.788. The van der Waals surface area contributed by atoms with Crippen LogP contribution in [-0.2, 0) is 0 Å². The molecule has 1 aromatic rings. The number of hydrogen-bond donors (Lipinski definition) is 0. The first-order valence-corrected chi connectivity index (χ1v) is 5.12. The average Bonchev–Trinajstić information content (AvgIpc) is 2.09. The lowest BCUT2D eigenvalue weighted by Gasteiger charge is -2.02. The van der Waals surface area contributed by atoms with E-state index in [2.05, 4.69) is 31.9 Å². The molecule has 0 heterocycles. The van der Waals surface area contributed by atoms with Gasteiger partial charge in [0.25, 0.3) is 5.24 Å². The quantitative estimate of drug-likeness (QED) is 0.743. The number of carbonyl (C=O) groups is 1. The van der Waals surface area contributed by atoms with Crippen LogP contribution >= 0.6 is 43.5 Å². The van der Waals surface area contributed by atoms with Gasteiger partial charge in [0.1, 0.15) is 6.07 Å². The highest BCUT2D eigenvalue weighted by Crippen LogP contribution is 2.30. The van der Waals surface area contributed by atoms with Crippen molar-refractivity contribution in [3.05, 3.63) is 32.2 Å². The van der Waals surface area contributed by atoms with Crippen LogP contribution in [0.2, 0.25) is 0 Å². The third-order valence-corrected chi connectivity index (χ3v) is 3.80. The van der Waals surface area contributed by atoms with Gasteiger partial charge >= 0.3 is 0 Å². The van der Waals surface area contributed by atoms with Crippen molar-refractivity contribution in [2.45, 2.75) is 0 Å². The van der Waals surface area contributed by atoms with E-state index in [1.54, 1.807) is 0 Å². The fraction of sp³-hybridized carbons (Fsp3) is 0. The summed E-state index contributed by atoms with van der Waals surface area (Å²) in [6.45, 7) is 0. The van der Waals surface area contributed by atoms with Gasteiger partial charge in [0.2, 0.25) is 0 Å². The fourth-order valence-corrected chi connectivity index (χ4v) is 2.02. The molecule has 0 aliphatic carbocycles. The predicted molar refractivity (Wildman–Crippen MR) is 56.7 cm³/mol. The Balaban J connectivity index is 3.42. The summed E-state index contributed by atoms with van der Waals surface area (Å²) in [5.74, 6) is 0. The summed E-state index contributed by atoms with van der Waals surface area (Å²) in [4.78, 5) is 10.8. The monoisotopic (exact) mass is 321 g/mol. The number of nitriles is 1. The van der Waals surface area contributed by atoms with Gasteiger partial charge in [-0.2, -0.15) is 5.26 Å². The zero-order valence-electron chi connectivity index (χ0n) is 6.14. The van der Waals surface area contributed by atoms with E-state index in [0.717, 1.165) is 0 Å². The number of carbonyl (C=O) groups excluding carboxylic acids is 1. The highest BCUT2D eigenvalue weighted by Gasteiger charge is 2.12. The Labute approximate surface area is 96.8 Å². The Hall–Kier alpha value is -0.370. The molecule has 0 bridgehead atoms. The van der Waals surface area contributed by atoms with Crippen molar-refractivity contribution >= 4 is 48.7 Å². The van der Waals surface area contributed by atoms with Crippen LogP contribution in [0.25, 0.3) is 0 Å². The van der Waals surface area contributed by atoms with Gasteiger partial charge in [-0.15, -0.1) is 0 Å². The van der Waals surface area contributed by atoms with Crippen LogP contribution < -0.4 is 0 Å². The Morgan fingerprint density at radius 3 is 2.46 bits per heavy atom. The number of benzene rings is 1. The Bertz CT molecular complexity index is 411. The molecule has 66 valence electrons. The molecule has 0 aliphatic heterocycles. The van der Waals surface area contributed by atoms with E-state index < -0.39 is 5.24 Å². The van der Waals surface area contributed by atoms with E-state index in [1.807, 2.05) is 6.07 Å². The lowest BCUT2D eigenvalue weighted by molar-refractivity contribution is 0.108. The summed E-state index contributed by atoms with van der Waals surface area (Å²) < 4.78 is 1.05. The van der Waals surface area contributed by atoms with Crippen LogP contribution in [0.1, 0.15) is 15.9 Å². The molecule has 0 saturated carbocycles. The summed E-state index contributed by atoms with van der Waals surface area (Å²) in [6.07, 6.45) is 0. The van der Waals surface area contributed by atoms with E-state index in [9.17, 15) is 4.79 Å². The average molecular weight is 323 g/mol. The minimum atomic E-state index is -0.558. The van der Waals surface area contributed by atoms with Crippen molar-refractivity contribution in [2.75, 3.05) is 0 Å². The van der Waals surface area contributed by atoms with Crippen molar-refractivity contribution in [1.29, 1.82) is 5.26 Å². The third kappa shape index (κ3) is 2.11. The molecule has 0 fully saturated rings. The van der Waals surface area contributed by atoms with Gasteiger partial charge in [-0.1, -0.05) is 0 Å². The van der Waals surface area contributed by atoms with Gasteiger partial charge in [-0.25, -0.2) is 0 Å². The number of hydrogen-bond acceptors (Lipinski definition) is 2. The van der Waals surface area contributed by atoms with Crippen LogP contribution in [-0.4, -0.2) is 5.24 Å². The molecular formula is C8H2Br2ClNO. The van der Waals surface area contributed by atoms with Crippen molar-refractivity contribution < 1.29 is 4.79 Å². The molecule has 0 aliphatic rings. The third-order valence-electron chi connectivity index (χ3n) is 1.41. The van der Waals surface area contributed by atoms with Crippen LogP contribution in [0, 0.1) is 11.3 Å². The maximum absolute atomic E-state index is 10.8. The largest absolute Gasteiger partial charge is 0.276 e. The molecule has 0 aromatic heterocycles.